The van der Waals surface area contributed by atoms with E-state index in [1.807, 2.05) is 54.8 Å². The molecule has 2 N–H and O–H groups in total. The molecule has 172 valence electrons. The van der Waals surface area contributed by atoms with Crippen LogP contribution >= 0.6 is 22.7 Å². The molecule has 0 saturated heterocycles. The summed E-state index contributed by atoms with van der Waals surface area (Å²) in [7, 11) is 0. The topological polar surface area (TPSA) is 97.4 Å². The zero-order valence-corrected chi connectivity index (χ0v) is 19.8. The maximum atomic E-state index is 12.8. The Morgan fingerprint density at radius 3 is 2.50 bits per heavy atom. The number of amides is 2. The van der Waals surface area contributed by atoms with Gasteiger partial charge >= 0.3 is 5.97 Å². The predicted octanol–water partition coefficient (Wildman–Crippen LogP) is 5.16. The number of aromatic nitrogens is 1. The molecule has 0 aliphatic carbocycles. The summed E-state index contributed by atoms with van der Waals surface area (Å²) in [5.41, 5.74) is 1.75. The molecule has 0 bridgehead atoms. The lowest BCUT2D eigenvalue weighted by Crippen LogP contribution is -2.28. The van der Waals surface area contributed by atoms with Gasteiger partial charge in [0.15, 0.2) is 12.3 Å². The molecule has 4 aromatic rings. The van der Waals surface area contributed by atoms with Crippen molar-refractivity contribution < 1.29 is 19.1 Å². The number of nitrogens with zero attached hydrogens (tertiary/aromatic N) is 1. The van der Waals surface area contributed by atoms with E-state index in [9.17, 15) is 14.4 Å². The van der Waals surface area contributed by atoms with Gasteiger partial charge in [0.25, 0.3) is 11.8 Å². The number of nitrogens with one attached hydrogen (secondary N) is 2. The molecule has 2 aromatic heterocycles. The molecule has 2 heterocycles. The molecular weight excluding hydrogens is 470 g/mol. The minimum absolute atomic E-state index is 0.149. The molecule has 34 heavy (non-hydrogen) atoms. The van der Waals surface area contributed by atoms with E-state index in [1.165, 1.54) is 22.7 Å². The fraction of sp³-hybridized carbons (Fsp3) is 0.120. The Hall–Kier alpha value is -3.82. The number of benzene rings is 2. The van der Waals surface area contributed by atoms with Gasteiger partial charge in [-0.2, -0.15) is 0 Å². The molecule has 2 aromatic carbocycles. The third-order valence-electron chi connectivity index (χ3n) is 4.87. The number of para-hydroxylation sites is 1. The van der Waals surface area contributed by atoms with Crippen LogP contribution in [0.15, 0.2) is 77.5 Å². The minimum atomic E-state index is -0.683. The monoisotopic (exact) mass is 491 g/mol. The number of hydrogen-bond donors (Lipinski definition) is 2. The Balaban J connectivity index is 1.34. The number of ether oxygens (including phenoxy) is 1. The lowest BCUT2D eigenvalue weighted by atomic mass is 10.1. The fourth-order valence-corrected chi connectivity index (χ4v) is 4.77. The number of hydrogen-bond acceptors (Lipinski definition) is 7. The molecule has 4 rings (SSSR count). The number of carbonyl (C=O) groups excluding carboxylic acids is 3. The Labute approximate surface area is 204 Å². The van der Waals surface area contributed by atoms with Crippen LogP contribution in [0, 0.1) is 0 Å². The first-order chi connectivity index (χ1) is 16.5. The highest BCUT2D eigenvalue weighted by molar-refractivity contribution is 7.20. The van der Waals surface area contributed by atoms with Crippen LogP contribution in [0.5, 0.6) is 0 Å². The van der Waals surface area contributed by atoms with Gasteiger partial charge in [-0.15, -0.1) is 22.7 Å². The van der Waals surface area contributed by atoms with E-state index in [2.05, 4.69) is 15.6 Å². The zero-order valence-electron chi connectivity index (χ0n) is 18.2. The molecule has 9 heteroatoms. The highest BCUT2D eigenvalue weighted by atomic mass is 32.1. The SMILES string of the molecule is CC(NC(=O)c1ccccc1NC(=O)COC(=O)c1csc(-c2cccs2)n1)c1ccccc1. The highest BCUT2D eigenvalue weighted by Crippen LogP contribution is 2.28. The van der Waals surface area contributed by atoms with E-state index >= 15 is 0 Å². The Bertz CT molecular complexity index is 1290. The van der Waals surface area contributed by atoms with E-state index < -0.39 is 18.5 Å². The van der Waals surface area contributed by atoms with Gasteiger partial charge in [-0.25, -0.2) is 9.78 Å². The highest BCUT2D eigenvalue weighted by Gasteiger charge is 2.18. The van der Waals surface area contributed by atoms with Crippen molar-refractivity contribution in [2.45, 2.75) is 13.0 Å². The van der Waals surface area contributed by atoms with Crippen LogP contribution in [0.1, 0.15) is 39.4 Å². The number of thiophene rings is 1. The summed E-state index contributed by atoms with van der Waals surface area (Å²) in [5, 5.41) is 9.82. The molecule has 0 aliphatic heterocycles. The quantitative estimate of drug-likeness (QED) is 0.332. The molecule has 1 atom stereocenters. The lowest BCUT2D eigenvalue weighted by Gasteiger charge is -2.16. The third-order valence-corrected chi connectivity index (χ3v) is 6.75. The van der Waals surface area contributed by atoms with Gasteiger partial charge in [0.1, 0.15) is 5.01 Å². The number of rotatable bonds is 8. The molecule has 2 amide bonds. The van der Waals surface area contributed by atoms with Gasteiger partial charge in [0.2, 0.25) is 0 Å². The summed E-state index contributed by atoms with van der Waals surface area (Å²) >= 11 is 2.86. The van der Waals surface area contributed by atoms with Crippen LogP contribution in [-0.2, 0) is 9.53 Å². The maximum Gasteiger partial charge on any atom is 0.358 e. The van der Waals surface area contributed by atoms with Crippen LogP contribution < -0.4 is 10.6 Å². The van der Waals surface area contributed by atoms with Crippen molar-refractivity contribution in [1.29, 1.82) is 0 Å². The average Bonchev–Trinajstić information content (AvgIpc) is 3.56. The van der Waals surface area contributed by atoms with Crippen LogP contribution in [0.25, 0.3) is 9.88 Å². The van der Waals surface area contributed by atoms with Crippen molar-refractivity contribution in [3.8, 4) is 9.88 Å². The van der Waals surface area contributed by atoms with Gasteiger partial charge < -0.3 is 15.4 Å². The Morgan fingerprint density at radius 2 is 1.74 bits per heavy atom. The lowest BCUT2D eigenvalue weighted by molar-refractivity contribution is -0.119. The molecule has 0 aliphatic rings. The largest absolute Gasteiger partial charge is 0.451 e. The zero-order chi connectivity index (χ0) is 23.9. The molecule has 0 fully saturated rings. The summed E-state index contributed by atoms with van der Waals surface area (Å²) in [4.78, 5) is 42.8. The number of esters is 1. The van der Waals surface area contributed by atoms with Gasteiger partial charge in [0, 0.05) is 5.38 Å². The van der Waals surface area contributed by atoms with E-state index in [1.54, 1.807) is 29.6 Å². The van der Waals surface area contributed by atoms with E-state index in [-0.39, 0.29) is 17.6 Å². The predicted molar refractivity (Wildman–Crippen MR) is 133 cm³/mol. The molecule has 0 spiro atoms. The smallest absolute Gasteiger partial charge is 0.358 e. The van der Waals surface area contributed by atoms with Crippen molar-refractivity contribution in [3.05, 3.63) is 94.3 Å². The van der Waals surface area contributed by atoms with Crippen LogP contribution in [0.2, 0.25) is 0 Å². The van der Waals surface area contributed by atoms with Gasteiger partial charge in [0.05, 0.1) is 22.2 Å². The minimum Gasteiger partial charge on any atom is -0.451 e. The summed E-state index contributed by atoms with van der Waals surface area (Å²) in [6.07, 6.45) is 0. The van der Waals surface area contributed by atoms with Gasteiger partial charge in [-0.3, -0.25) is 9.59 Å². The summed E-state index contributed by atoms with van der Waals surface area (Å²) in [6, 6.07) is 19.9. The standard InChI is InChI=1S/C25H21N3O4S2/c1-16(17-8-3-2-4-9-17)26-23(30)18-10-5-6-11-19(18)27-22(29)14-32-25(31)20-15-34-24(28-20)21-12-7-13-33-21/h2-13,15-16H,14H2,1H3,(H,26,30)(H,27,29). The van der Waals surface area contributed by atoms with Crippen molar-refractivity contribution >= 4 is 46.1 Å². The second-order valence-corrected chi connectivity index (χ2v) is 9.10. The summed E-state index contributed by atoms with van der Waals surface area (Å²) < 4.78 is 5.11. The molecule has 1 unspecified atom stereocenters. The summed E-state index contributed by atoms with van der Waals surface area (Å²) in [6.45, 7) is 1.39. The first-order valence-electron chi connectivity index (χ1n) is 10.4. The van der Waals surface area contributed by atoms with Gasteiger partial charge in [-0.05, 0) is 36.1 Å². The maximum absolute atomic E-state index is 12.8. The van der Waals surface area contributed by atoms with E-state index in [0.29, 0.717) is 11.3 Å². The van der Waals surface area contributed by atoms with Gasteiger partial charge in [-0.1, -0.05) is 48.5 Å². The Morgan fingerprint density at radius 1 is 0.971 bits per heavy atom. The number of anilines is 1. The van der Waals surface area contributed by atoms with Crippen molar-refractivity contribution in [1.82, 2.24) is 10.3 Å². The first kappa shape index (κ1) is 23.3. The normalized spacial score (nSPS) is 11.4. The number of thiazole rings is 1. The van der Waals surface area contributed by atoms with Crippen LogP contribution in [-0.4, -0.2) is 29.4 Å². The van der Waals surface area contributed by atoms with Crippen LogP contribution in [0.3, 0.4) is 0 Å². The molecule has 0 radical (unpaired) electrons. The number of carbonyl (C=O) groups is 3. The second kappa shape index (κ2) is 10.9. The average molecular weight is 492 g/mol. The van der Waals surface area contributed by atoms with Crippen molar-refractivity contribution in [2.24, 2.45) is 0 Å². The molecule has 7 nitrogen and oxygen atoms in total. The molecular formula is C25H21N3O4S2. The Kier molecular flexibility index (Phi) is 7.46. The van der Waals surface area contributed by atoms with Crippen LogP contribution in [0.4, 0.5) is 5.69 Å². The van der Waals surface area contributed by atoms with E-state index in [4.69, 9.17) is 4.74 Å². The fourth-order valence-electron chi connectivity index (χ4n) is 3.16. The summed E-state index contributed by atoms with van der Waals surface area (Å²) in [5.74, 6) is -1.57. The van der Waals surface area contributed by atoms with Crippen molar-refractivity contribution in [2.75, 3.05) is 11.9 Å². The van der Waals surface area contributed by atoms with E-state index in [0.717, 1.165) is 15.4 Å². The third kappa shape index (κ3) is 5.75. The molecule has 0 saturated carbocycles. The van der Waals surface area contributed by atoms with Crippen molar-refractivity contribution in [3.63, 3.8) is 0 Å². The first-order valence-corrected chi connectivity index (χ1v) is 12.2. The second-order valence-electron chi connectivity index (χ2n) is 7.29.